The molecular weight excluding hydrogens is 466 g/mol. The van der Waals surface area contributed by atoms with E-state index in [0.29, 0.717) is 69.9 Å². The van der Waals surface area contributed by atoms with Crippen molar-refractivity contribution in [3.8, 4) is 5.75 Å². The van der Waals surface area contributed by atoms with E-state index in [0.717, 1.165) is 6.54 Å². The number of sulfonamides is 1. The van der Waals surface area contributed by atoms with Gasteiger partial charge in [-0.3, -0.25) is 9.69 Å². The van der Waals surface area contributed by atoms with Crippen LogP contribution in [0.2, 0.25) is 5.02 Å². The van der Waals surface area contributed by atoms with Crippen molar-refractivity contribution in [1.82, 2.24) is 14.1 Å². The van der Waals surface area contributed by atoms with E-state index in [2.05, 4.69) is 4.90 Å². The molecule has 0 aromatic heterocycles. The summed E-state index contributed by atoms with van der Waals surface area (Å²) in [4.78, 5) is 17.3. The van der Waals surface area contributed by atoms with Crippen LogP contribution >= 0.6 is 11.6 Å². The second-order valence-electron chi connectivity index (χ2n) is 7.93. The Bertz CT molecular complexity index is 1070. The van der Waals surface area contributed by atoms with Crippen LogP contribution in [0, 0.1) is 0 Å². The fraction of sp³-hybridized carbons (Fsp3) is 0.435. The molecule has 2 saturated heterocycles. The van der Waals surface area contributed by atoms with Crippen LogP contribution in [0.1, 0.15) is 10.4 Å². The Morgan fingerprint density at radius 1 is 0.939 bits per heavy atom. The molecule has 0 bridgehead atoms. The Morgan fingerprint density at radius 2 is 1.61 bits per heavy atom. The molecular formula is C23H28ClN3O5S. The van der Waals surface area contributed by atoms with Gasteiger partial charge in [0.15, 0.2) is 0 Å². The number of hydrogen-bond acceptors (Lipinski definition) is 6. The Kier molecular flexibility index (Phi) is 7.87. The number of rotatable bonds is 7. The lowest BCUT2D eigenvalue weighted by Crippen LogP contribution is -2.50. The zero-order valence-corrected chi connectivity index (χ0v) is 19.9. The van der Waals surface area contributed by atoms with Crippen molar-refractivity contribution < 1.29 is 22.7 Å². The first-order valence-electron chi connectivity index (χ1n) is 11.0. The molecule has 1 amide bonds. The highest BCUT2D eigenvalue weighted by Gasteiger charge is 2.32. The van der Waals surface area contributed by atoms with E-state index in [4.69, 9.17) is 21.1 Å². The molecule has 0 saturated carbocycles. The first-order chi connectivity index (χ1) is 16.0. The van der Waals surface area contributed by atoms with Crippen LogP contribution in [0.3, 0.4) is 0 Å². The van der Waals surface area contributed by atoms with Crippen LogP contribution in [-0.4, -0.2) is 94.1 Å². The van der Waals surface area contributed by atoms with Gasteiger partial charge in [0.05, 0.1) is 28.7 Å². The number of ether oxygens (including phenoxy) is 2. The summed E-state index contributed by atoms with van der Waals surface area (Å²) in [6.07, 6.45) is 0. The van der Waals surface area contributed by atoms with E-state index in [9.17, 15) is 13.2 Å². The Hall–Kier alpha value is -2.17. The molecule has 4 rings (SSSR count). The Balaban J connectivity index is 1.35. The van der Waals surface area contributed by atoms with Crippen molar-refractivity contribution in [3.63, 3.8) is 0 Å². The SMILES string of the molecule is O=C(c1ccccc1S(=O)(=O)N1CCOCC1)N1CCN(CCOc2ccccc2Cl)CC1. The van der Waals surface area contributed by atoms with Crippen molar-refractivity contribution in [2.45, 2.75) is 4.90 Å². The lowest BCUT2D eigenvalue weighted by Gasteiger charge is -2.35. The van der Waals surface area contributed by atoms with Gasteiger partial charge in [0.25, 0.3) is 5.91 Å². The van der Waals surface area contributed by atoms with Gasteiger partial charge in [-0.2, -0.15) is 4.31 Å². The molecule has 0 spiro atoms. The van der Waals surface area contributed by atoms with Crippen molar-refractivity contribution in [1.29, 1.82) is 0 Å². The number of amides is 1. The minimum atomic E-state index is -3.76. The topological polar surface area (TPSA) is 79.4 Å². The van der Waals surface area contributed by atoms with Gasteiger partial charge in [-0.05, 0) is 24.3 Å². The van der Waals surface area contributed by atoms with Gasteiger partial charge >= 0.3 is 0 Å². The smallest absolute Gasteiger partial charge is 0.255 e. The molecule has 0 atom stereocenters. The molecule has 0 N–H and O–H groups in total. The number of nitrogens with zero attached hydrogens (tertiary/aromatic N) is 3. The van der Waals surface area contributed by atoms with Crippen molar-refractivity contribution >= 4 is 27.5 Å². The van der Waals surface area contributed by atoms with Gasteiger partial charge in [0, 0.05) is 45.8 Å². The van der Waals surface area contributed by atoms with Crippen molar-refractivity contribution in [3.05, 3.63) is 59.1 Å². The van der Waals surface area contributed by atoms with E-state index in [1.54, 1.807) is 29.2 Å². The quantitative estimate of drug-likeness (QED) is 0.588. The molecule has 0 radical (unpaired) electrons. The summed E-state index contributed by atoms with van der Waals surface area (Å²) in [6, 6.07) is 13.8. The van der Waals surface area contributed by atoms with Gasteiger partial charge in [-0.1, -0.05) is 35.9 Å². The number of halogens is 1. The minimum absolute atomic E-state index is 0.0625. The second kappa shape index (κ2) is 10.8. The molecule has 2 heterocycles. The summed E-state index contributed by atoms with van der Waals surface area (Å²) >= 11 is 6.12. The highest BCUT2D eigenvalue weighted by atomic mass is 35.5. The van der Waals surface area contributed by atoms with Crippen molar-refractivity contribution in [2.24, 2.45) is 0 Å². The Labute approximate surface area is 199 Å². The van der Waals surface area contributed by atoms with Crippen LogP contribution in [0.25, 0.3) is 0 Å². The van der Waals surface area contributed by atoms with Crippen LogP contribution in [0.4, 0.5) is 0 Å². The third-order valence-electron chi connectivity index (χ3n) is 5.87. The number of hydrogen-bond donors (Lipinski definition) is 0. The summed E-state index contributed by atoms with van der Waals surface area (Å²) in [5.41, 5.74) is 0.222. The van der Waals surface area contributed by atoms with E-state index >= 15 is 0 Å². The maximum Gasteiger partial charge on any atom is 0.255 e. The predicted octanol–water partition coefficient (Wildman–Crippen LogP) is 2.20. The Morgan fingerprint density at radius 3 is 2.33 bits per heavy atom. The molecule has 2 aromatic rings. The van der Waals surface area contributed by atoms with Gasteiger partial charge in [-0.25, -0.2) is 8.42 Å². The molecule has 0 unspecified atom stereocenters. The standard InChI is InChI=1S/C23H28ClN3O5S/c24-20-6-2-3-7-21(20)32-18-13-25-9-11-26(12-10-25)23(28)19-5-1-4-8-22(19)33(29,30)27-14-16-31-17-15-27/h1-8H,9-18H2. The maximum absolute atomic E-state index is 13.3. The fourth-order valence-corrected chi connectivity index (χ4v) is 5.77. The fourth-order valence-electron chi connectivity index (χ4n) is 3.99. The first kappa shape index (κ1) is 24.0. The van der Waals surface area contributed by atoms with Crippen LogP contribution in [0.15, 0.2) is 53.4 Å². The highest BCUT2D eigenvalue weighted by Crippen LogP contribution is 2.24. The number of benzene rings is 2. The van der Waals surface area contributed by atoms with E-state index in [1.165, 1.54) is 10.4 Å². The van der Waals surface area contributed by atoms with E-state index in [-0.39, 0.29) is 16.4 Å². The summed E-state index contributed by atoms with van der Waals surface area (Å²) in [6.45, 7) is 4.95. The van der Waals surface area contributed by atoms with E-state index < -0.39 is 10.0 Å². The number of carbonyl (C=O) groups is 1. The first-order valence-corrected chi connectivity index (χ1v) is 12.8. The van der Waals surface area contributed by atoms with Crippen LogP contribution < -0.4 is 4.74 Å². The summed E-state index contributed by atoms with van der Waals surface area (Å²) in [5.74, 6) is 0.403. The lowest BCUT2D eigenvalue weighted by molar-refractivity contribution is 0.0615. The van der Waals surface area contributed by atoms with Gasteiger partial charge in [0.2, 0.25) is 10.0 Å². The van der Waals surface area contributed by atoms with Crippen LogP contribution in [-0.2, 0) is 14.8 Å². The molecule has 33 heavy (non-hydrogen) atoms. The average molecular weight is 494 g/mol. The van der Waals surface area contributed by atoms with Crippen molar-refractivity contribution in [2.75, 3.05) is 65.6 Å². The molecule has 2 aliphatic heterocycles. The normalized spacial score (nSPS) is 18.3. The zero-order chi connectivity index (χ0) is 23.3. The third kappa shape index (κ3) is 5.67. The third-order valence-corrected chi connectivity index (χ3v) is 8.14. The number of piperazine rings is 1. The molecule has 2 aliphatic rings. The summed E-state index contributed by atoms with van der Waals surface area (Å²) in [5, 5.41) is 0.582. The van der Waals surface area contributed by atoms with Gasteiger partial charge < -0.3 is 14.4 Å². The summed E-state index contributed by atoms with van der Waals surface area (Å²) < 4.78 is 38.8. The maximum atomic E-state index is 13.3. The largest absolute Gasteiger partial charge is 0.491 e. The second-order valence-corrected chi connectivity index (χ2v) is 10.2. The van der Waals surface area contributed by atoms with Gasteiger partial charge in [0.1, 0.15) is 12.4 Å². The van der Waals surface area contributed by atoms with Gasteiger partial charge in [-0.15, -0.1) is 0 Å². The molecule has 178 valence electrons. The zero-order valence-electron chi connectivity index (χ0n) is 18.4. The molecule has 8 nitrogen and oxygen atoms in total. The number of morpholine rings is 1. The minimum Gasteiger partial charge on any atom is -0.491 e. The molecule has 0 aliphatic carbocycles. The lowest BCUT2D eigenvalue weighted by atomic mass is 10.2. The number of carbonyl (C=O) groups excluding carboxylic acids is 1. The molecule has 2 fully saturated rings. The monoisotopic (exact) mass is 493 g/mol. The molecule has 10 heteroatoms. The number of para-hydroxylation sites is 1. The van der Waals surface area contributed by atoms with E-state index in [1.807, 2.05) is 18.2 Å². The summed E-state index contributed by atoms with van der Waals surface area (Å²) in [7, 11) is -3.76. The van der Waals surface area contributed by atoms with Crippen LogP contribution in [0.5, 0.6) is 5.75 Å². The predicted molar refractivity (Wildman–Crippen MR) is 125 cm³/mol. The average Bonchev–Trinajstić information content (AvgIpc) is 2.86. The molecule has 2 aromatic carbocycles. The highest BCUT2D eigenvalue weighted by molar-refractivity contribution is 7.89.